The maximum absolute atomic E-state index is 8.74. The number of nitrogens with zero attached hydrogens (tertiary/aromatic N) is 4. The summed E-state index contributed by atoms with van der Waals surface area (Å²) in [6.07, 6.45) is 1.80. The Morgan fingerprint density at radius 2 is 0.943 bits per heavy atom. The molecule has 0 amide bonds. The van der Waals surface area contributed by atoms with E-state index in [1.165, 1.54) is 33.4 Å². The smallest absolute Gasteiger partial charge is 0.394 e. The Balaban J connectivity index is 0.000000161. The SMILES string of the molecule is NC(N)=NCCN1Cc2ccccc2C2(Cc3ccccc3O2)C1.NC(N)=NCCN1Cc2ccccc2C2(Cc3ccccc3O2)C1.O=S(=O)(O)O. The van der Waals surface area contributed by atoms with Gasteiger partial charge in [0.2, 0.25) is 0 Å². The number of nitrogens with two attached hydrogens (primary N) is 4. The summed E-state index contributed by atoms with van der Waals surface area (Å²) in [4.78, 5) is 13.0. The van der Waals surface area contributed by atoms with Crippen LogP contribution in [0.2, 0.25) is 0 Å². The van der Waals surface area contributed by atoms with Crippen LogP contribution in [0.4, 0.5) is 0 Å². The van der Waals surface area contributed by atoms with Gasteiger partial charge in [0.05, 0.1) is 13.1 Å². The number of fused-ring (bicyclic) bond motifs is 6. The lowest BCUT2D eigenvalue weighted by molar-refractivity contribution is 0.0268. The van der Waals surface area contributed by atoms with Crippen LogP contribution >= 0.6 is 0 Å². The van der Waals surface area contributed by atoms with Gasteiger partial charge in [-0.3, -0.25) is 28.9 Å². The van der Waals surface area contributed by atoms with Crippen molar-refractivity contribution in [1.29, 1.82) is 0 Å². The minimum atomic E-state index is -4.67. The molecule has 4 aromatic carbocycles. The van der Waals surface area contributed by atoms with E-state index in [2.05, 4.69) is 105 Å². The highest BCUT2D eigenvalue weighted by Crippen LogP contribution is 2.46. The van der Waals surface area contributed by atoms with Crippen molar-refractivity contribution in [1.82, 2.24) is 9.80 Å². The highest BCUT2D eigenvalue weighted by atomic mass is 32.3. The van der Waals surface area contributed by atoms with Gasteiger partial charge in [-0.05, 0) is 34.4 Å². The first-order valence-corrected chi connectivity index (χ1v) is 18.7. The molecule has 4 aliphatic rings. The third-order valence-electron chi connectivity index (χ3n) is 9.69. The van der Waals surface area contributed by atoms with Crippen molar-refractivity contribution in [2.45, 2.75) is 37.1 Å². The molecule has 2 unspecified atom stereocenters. The van der Waals surface area contributed by atoms with Crippen molar-refractivity contribution in [3.05, 3.63) is 130 Å². The average molecular weight is 743 g/mol. The number of para-hydroxylation sites is 2. The van der Waals surface area contributed by atoms with Gasteiger partial charge in [0, 0.05) is 63.2 Å². The van der Waals surface area contributed by atoms with Crippen LogP contribution in [0.25, 0.3) is 0 Å². The van der Waals surface area contributed by atoms with E-state index in [0.29, 0.717) is 13.1 Å². The number of ether oxygens (including phenoxy) is 2. The fourth-order valence-electron chi connectivity index (χ4n) is 7.73. The molecule has 0 aliphatic carbocycles. The molecule has 0 bridgehead atoms. The number of aliphatic imine (C=N–C) groups is 2. The summed E-state index contributed by atoms with van der Waals surface area (Å²) < 4.78 is 44.6. The second kappa shape index (κ2) is 15.8. The van der Waals surface area contributed by atoms with E-state index in [9.17, 15) is 0 Å². The molecule has 10 N–H and O–H groups in total. The van der Waals surface area contributed by atoms with Gasteiger partial charge in [-0.1, -0.05) is 84.9 Å². The highest BCUT2D eigenvalue weighted by molar-refractivity contribution is 7.79. The lowest BCUT2D eigenvalue weighted by Gasteiger charge is -2.41. The zero-order valence-corrected chi connectivity index (χ0v) is 30.2. The Hall–Kier alpha value is -5.19. The molecule has 8 rings (SSSR count). The van der Waals surface area contributed by atoms with Gasteiger partial charge in [0.25, 0.3) is 0 Å². The number of hydrogen-bond acceptors (Lipinski definition) is 8. The van der Waals surface area contributed by atoms with Gasteiger partial charge in [0.15, 0.2) is 23.1 Å². The van der Waals surface area contributed by atoms with Crippen LogP contribution in [0.3, 0.4) is 0 Å². The van der Waals surface area contributed by atoms with Crippen molar-refractivity contribution in [2.75, 3.05) is 39.3 Å². The first kappa shape index (κ1) is 37.6. The molecule has 4 aromatic rings. The van der Waals surface area contributed by atoms with Gasteiger partial charge >= 0.3 is 10.4 Å². The molecule has 0 fully saturated rings. The molecule has 0 saturated heterocycles. The summed E-state index contributed by atoms with van der Waals surface area (Å²) in [5.74, 6) is 2.29. The van der Waals surface area contributed by atoms with E-state index in [0.717, 1.165) is 63.6 Å². The van der Waals surface area contributed by atoms with E-state index >= 15 is 0 Å². The summed E-state index contributed by atoms with van der Waals surface area (Å²) in [7, 11) is -4.67. The quantitative estimate of drug-likeness (QED) is 0.0952. The van der Waals surface area contributed by atoms with Crippen LogP contribution in [0.1, 0.15) is 33.4 Å². The Kier molecular flexibility index (Phi) is 11.2. The second-order valence-corrected chi connectivity index (χ2v) is 14.5. The largest absolute Gasteiger partial charge is 0.481 e. The van der Waals surface area contributed by atoms with Crippen molar-refractivity contribution >= 4 is 22.3 Å². The molecule has 2 atom stereocenters. The molecule has 4 heterocycles. The van der Waals surface area contributed by atoms with Crippen molar-refractivity contribution in [3.63, 3.8) is 0 Å². The Morgan fingerprint density at radius 1 is 0.604 bits per heavy atom. The molecule has 0 radical (unpaired) electrons. The predicted molar refractivity (Wildman–Crippen MR) is 204 cm³/mol. The first-order valence-electron chi connectivity index (χ1n) is 17.3. The monoisotopic (exact) mass is 742 g/mol. The van der Waals surface area contributed by atoms with Crippen molar-refractivity contribution < 1.29 is 27.0 Å². The third-order valence-corrected chi connectivity index (χ3v) is 9.69. The van der Waals surface area contributed by atoms with Crippen LogP contribution in [-0.4, -0.2) is 78.5 Å². The standard InChI is InChI=1S/2C19H22N4O.H2O4S/c2*20-18(21)22-9-10-23-12-15-6-1-3-7-16(15)19(13-23)11-14-5-2-4-8-17(14)24-19;1-5(2,3)4/h2*1-8H,9-13H2,(H4,20,21,22);(H2,1,2,3,4). The zero-order valence-electron chi connectivity index (χ0n) is 29.3. The van der Waals surface area contributed by atoms with Crippen LogP contribution < -0.4 is 32.4 Å². The Morgan fingerprint density at radius 3 is 1.30 bits per heavy atom. The third kappa shape index (κ3) is 9.25. The van der Waals surface area contributed by atoms with Gasteiger partial charge in [-0.25, -0.2) is 0 Å². The molecule has 280 valence electrons. The lowest BCUT2D eigenvalue weighted by atomic mass is 9.82. The van der Waals surface area contributed by atoms with Gasteiger partial charge < -0.3 is 32.4 Å². The minimum Gasteiger partial charge on any atom is -0.481 e. The molecular formula is C38H46N8O6S. The fourth-order valence-corrected chi connectivity index (χ4v) is 7.73. The molecule has 0 saturated carbocycles. The molecule has 0 aromatic heterocycles. The molecular weight excluding hydrogens is 697 g/mol. The molecule has 53 heavy (non-hydrogen) atoms. The van der Waals surface area contributed by atoms with Crippen LogP contribution in [0.5, 0.6) is 11.5 Å². The lowest BCUT2D eigenvalue weighted by Crippen LogP contribution is -2.49. The van der Waals surface area contributed by atoms with E-state index in [4.69, 9.17) is 49.9 Å². The van der Waals surface area contributed by atoms with Crippen LogP contribution in [-0.2, 0) is 47.5 Å². The predicted octanol–water partition coefficient (Wildman–Crippen LogP) is 2.56. The minimum absolute atomic E-state index is 0.145. The number of guanidine groups is 2. The molecule has 4 aliphatic heterocycles. The maximum atomic E-state index is 8.74. The fraction of sp³-hybridized carbons (Fsp3) is 0.316. The number of hydrogen-bond donors (Lipinski definition) is 6. The van der Waals surface area contributed by atoms with Gasteiger partial charge in [-0.2, -0.15) is 8.42 Å². The summed E-state index contributed by atoms with van der Waals surface area (Å²) >= 11 is 0. The molecule has 14 nitrogen and oxygen atoms in total. The van der Waals surface area contributed by atoms with E-state index in [1.807, 2.05) is 12.1 Å². The summed E-state index contributed by atoms with van der Waals surface area (Å²) in [5, 5.41) is 0. The number of benzene rings is 4. The first-order chi connectivity index (χ1) is 25.3. The van der Waals surface area contributed by atoms with Gasteiger partial charge in [-0.15, -0.1) is 0 Å². The Labute approximate surface area is 309 Å². The van der Waals surface area contributed by atoms with E-state index in [1.54, 1.807) is 0 Å². The zero-order chi connectivity index (χ0) is 37.6. The Bertz CT molecular complexity index is 1890. The summed E-state index contributed by atoms with van der Waals surface area (Å²) in [6.45, 7) is 6.33. The van der Waals surface area contributed by atoms with Gasteiger partial charge in [0.1, 0.15) is 11.5 Å². The maximum Gasteiger partial charge on any atom is 0.394 e. The van der Waals surface area contributed by atoms with Crippen LogP contribution in [0.15, 0.2) is 107 Å². The van der Waals surface area contributed by atoms with Crippen molar-refractivity contribution in [3.8, 4) is 11.5 Å². The summed E-state index contributed by atoms with van der Waals surface area (Å²) in [5.41, 5.74) is 29.0. The topological polar surface area (TPSA) is 228 Å². The van der Waals surface area contributed by atoms with E-state index in [-0.39, 0.29) is 23.1 Å². The second-order valence-electron chi connectivity index (χ2n) is 13.6. The highest BCUT2D eigenvalue weighted by Gasteiger charge is 2.47. The molecule has 15 heteroatoms. The average Bonchev–Trinajstić information content (AvgIpc) is 3.66. The summed E-state index contributed by atoms with van der Waals surface area (Å²) in [6, 6.07) is 33.8. The van der Waals surface area contributed by atoms with E-state index < -0.39 is 10.4 Å². The van der Waals surface area contributed by atoms with Crippen LogP contribution in [0, 0.1) is 0 Å². The number of rotatable bonds is 6. The normalized spacial score (nSPS) is 20.9. The van der Waals surface area contributed by atoms with Crippen molar-refractivity contribution in [2.24, 2.45) is 32.9 Å². The molecule has 2 spiro atoms.